The van der Waals surface area contributed by atoms with Gasteiger partial charge in [-0.2, -0.15) is 0 Å². The van der Waals surface area contributed by atoms with Crippen molar-refractivity contribution < 1.29 is 9.90 Å². The molecule has 13 heavy (non-hydrogen) atoms. The van der Waals surface area contributed by atoms with Gasteiger partial charge in [0.25, 0.3) is 0 Å². The second-order valence-corrected chi connectivity index (χ2v) is 2.61. The van der Waals surface area contributed by atoms with Crippen molar-refractivity contribution >= 4 is 17.4 Å². The Kier molecular flexibility index (Phi) is 1.45. The molecule has 0 atom stereocenters. The molecule has 0 saturated heterocycles. The van der Waals surface area contributed by atoms with Crippen molar-refractivity contribution in [3.63, 3.8) is 0 Å². The third-order valence-corrected chi connectivity index (χ3v) is 1.73. The van der Waals surface area contributed by atoms with Crippen LogP contribution in [0.4, 0.5) is 5.82 Å². The molecule has 2 aromatic rings. The molecule has 0 spiro atoms. The van der Waals surface area contributed by atoms with E-state index in [1.54, 1.807) is 12.1 Å². The minimum atomic E-state index is -0.997. The van der Waals surface area contributed by atoms with E-state index in [0.29, 0.717) is 11.5 Å². The topological polar surface area (TPSA) is 80.6 Å². The molecule has 0 amide bonds. The highest BCUT2D eigenvalue weighted by molar-refractivity contribution is 5.86. The Morgan fingerprint density at radius 2 is 2.31 bits per heavy atom. The minimum Gasteiger partial charge on any atom is -0.477 e. The van der Waals surface area contributed by atoms with Crippen molar-refractivity contribution in [2.24, 2.45) is 0 Å². The van der Waals surface area contributed by atoms with E-state index in [4.69, 9.17) is 10.8 Å². The second-order valence-electron chi connectivity index (χ2n) is 2.61. The Balaban J connectivity index is 2.82. The van der Waals surface area contributed by atoms with Crippen LogP contribution in [0.2, 0.25) is 0 Å². The van der Waals surface area contributed by atoms with Crippen LogP contribution in [0.1, 0.15) is 10.5 Å². The van der Waals surface area contributed by atoms with Gasteiger partial charge in [-0.05, 0) is 12.1 Å². The summed E-state index contributed by atoms with van der Waals surface area (Å²) in [5.41, 5.74) is 6.13. The first-order valence-electron chi connectivity index (χ1n) is 3.65. The summed E-state index contributed by atoms with van der Waals surface area (Å²) in [4.78, 5) is 14.7. The highest BCUT2D eigenvalue weighted by atomic mass is 16.4. The number of aromatic nitrogens is 2. The van der Waals surface area contributed by atoms with Crippen molar-refractivity contribution in [2.45, 2.75) is 0 Å². The molecule has 0 aliphatic rings. The molecule has 0 bridgehead atoms. The molecule has 2 aromatic heterocycles. The fourth-order valence-electron chi connectivity index (χ4n) is 1.20. The maximum absolute atomic E-state index is 10.7. The maximum Gasteiger partial charge on any atom is 0.352 e. The van der Waals surface area contributed by atoms with Gasteiger partial charge in [0.2, 0.25) is 0 Å². The number of hydrogen-bond donors (Lipinski definition) is 2. The molecule has 2 rings (SSSR count). The quantitative estimate of drug-likeness (QED) is 0.668. The molecule has 2 heterocycles. The van der Waals surface area contributed by atoms with Gasteiger partial charge in [-0.3, -0.25) is 4.40 Å². The van der Waals surface area contributed by atoms with Crippen molar-refractivity contribution in [3.8, 4) is 0 Å². The van der Waals surface area contributed by atoms with Gasteiger partial charge < -0.3 is 10.8 Å². The fourth-order valence-corrected chi connectivity index (χ4v) is 1.20. The molecule has 5 heteroatoms. The number of carboxylic acid groups (broad SMARTS) is 1. The first-order chi connectivity index (χ1) is 6.18. The summed E-state index contributed by atoms with van der Waals surface area (Å²) < 4.78 is 1.44. The van der Waals surface area contributed by atoms with Gasteiger partial charge in [0.15, 0.2) is 0 Å². The predicted octanol–water partition coefficient (Wildman–Crippen LogP) is 0.615. The van der Waals surface area contributed by atoms with Gasteiger partial charge in [0.05, 0.1) is 6.20 Å². The Morgan fingerprint density at radius 1 is 1.54 bits per heavy atom. The van der Waals surface area contributed by atoms with Gasteiger partial charge in [0.1, 0.15) is 17.2 Å². The lowest BCUT2D eigenvalue weighted by molar-refractivity contribution is 0.0689. The van der Waals surface area contributed by atoms with Crippen LogP contribution < -0.4 is 5.73 Å². The number of anilines is 1. The molecule has 0 aromatic carbocycles. The second kappa shape index (κ2) is 2.48. The van der Waals surface area contributed by atoms with E-state index in [9.17, 15) is 4.79 Å². The minimum absolute atomic E-state index is 0.154. The standard InChI is InChI=1S/C8H7N3O2/c9-6-4-11-5(8(12)13)2-1-3-7(11)10-6/h1-4H,9H2,(H,12,13). The van der Waals surface area contributed by atoms with Crippen LogP contribution in [0.5, 0.6) is 0 Å². The first kappa shape index (κ1) is 7.60. The van der Waals surface area contributed by atoms with E-state index < -0.39 is 5.97 Å². The van der Waals surface area contributed by atoms with Gasteiger partial charge in [-0.1, -0.05) is 6.07 Å². The van der Waals surface area contributed by atoms with E-state index in [1.807, 2.05) is 0 Å². The van der Waals surface area contributed by atoms with Crippen LogP contribution >= 0.6 is 0 Å². The van der Waals surface area contributed by atoms with Crippen molar-refractivity contribution in [1.29, 1.82) is 0 Å². The van der Waals surface area contributed by atoms with E-state index >= 15 is 0 Å². The Labute approximate surface area is 73.4 Å². The van der Waals surface area contributed by atoms with Crippen LogP contribution in [0.3, 0.4) is 0 Å². The third-order valence-electron chi connectivity index (χ3n) is 1.73. The van der Waals surface area contributed by atoms with Gasteiger partial charge >= 0.3 is 5.97 Å². The number of imidazole rings is 1. The van der Waals surface area contributed by atoms with Crippen LogP contribution in [-0.4, -0.2) is 20.5 Å². The van der Waals surface area contributed by atoms with Crippen LogP contribution in [0.25, 0.3) is 5.65 Å². The molecule has 5 nitrogen and oxygen atoms in total. The Bertz CT molecular complexity index is 475. The molecule has 0 aliphatic carbocycles. The number of fused-ring (bicyclic) bond motifs is 1. The van der Waals surface area contributed by atoms with Crippen molar-refractivity contribution in [1.82, 2.24) is 9.38 Å². The number of nitrogen functional groups attached to an aromatic ring is 1. The third kappa shape index (κ3) is 1.10. The number of rotatable bonds is 1. The summed E-state index contributed by atoms with van der Waals surface area (Å²) in [6, 6.07) is 4.82. The van der Waals surface area contributed by atoms with Crippen LogP contribution in [0, 0.1) is 0 Å². The summed E-state index contributed by atoms with van der Waals surface area (Å²) in [5, 5.41) is 8.80. The number of nitrogens with two attached hydrogens (primary N) is 1. The molecule has 66 valence electrons. The van der Waals surface area contributed by atoms with Gasteiger partial charge in [0, 0.05) is 0 Å². The summed E-state index contributed by atoms with van der Waals surface area (Å²) in [6.45, 7) is 0. The number of carbonyl (C=O) groups is 1. The first-order valence-corrected chi connectivity index (χ1v) is 3.65. The normalized spacial score (nSPS) is 10.5. The number of nitrogens with zero attached hydrogens (tertiary/aromatic N) is 2. The maximum atomic E-state index is 10.7. The lowest BCUT2D eigenvalue weighted by Crippen LogP contribution is -2.03. The van der Waals surface area contributed by atoms with Crippen LogP contribution in [-0.2, 0) is 0 Å². The number of aromatic carboxylic acids is 1. The molecule has 0 saturated carbocycles. The molecule has 3 N–H and O–H groups in total. The SMILES string of the molecule is Nc1cn2c(C(=O)O)cccc2n1. The van der Waals surface area contributed by atoms with Gasteiger partial charge in [-0.15, -0.1) is 0 Å². The monoisotopic (exact) mass is 177 g/mol. The highest BCUT2D eigenvalue weighted by Gasteiger charge is 2.08. The summed E-state index contributed by atoms with van der Waals surface area (Å²) in [6.07, 6.45) is 1.48. The largest absolute Gasteiger partial charge is 0.477 e. The lowest BCUT2D eigenvalue weighted by Gasteiger charge is -1.97. The van der Waals surface area contributed by atoms with E-state index in [1.165, 1.54) is 16.7 Å². The smallest absolute Gasteiger partial charge is 0.352 e. The van der Waals surface area contributed by atoms with Crippen LogP contribution in [0.15, 0.2) is 24.4 Å². The Morgan fingerprint density at radius 3 is 3.00 bits per heavy atom. The summed E-state index contributed by atoms with van der Waals surface area (Å²) in [7, 11) is 0. The zero-order valence-corrected chi connectivity index (χ0v) is 6.64. The highest BCUT2D eigenvalue weighted by Crippen LogP contribution is 2.09. The number of pyridine rings is 1. The molecular weight excluding hydrogens is 170 g/mol. The number of carboxylic acids is 1. The molecule has 0 fully saturated rings. The molecule has 0 unspecified atom stereocenters. The molecule has 0 radical (unpaired) electrons. The Hall–Kier alpha value is -2.04. The van der Waals surface area contributed by atoms with E-state index in [0.717, 1.165) is 0 Å². The average molecular weight is 177 g/mol. The zero-order chi connectivity index (χ0) is 9.42. The van der Waals surface area contributed by atoms with Crippen molar-refractivity contribution in [2.75, 3.05) is 5.73 Å². The van der Waals surface area contributed by atoms with Gasteiger partial charge in [-0.25, -0.2) is 9.78 Å². The molecule has 0 aliphatic heterocycles. The van der Waals surface area contributed by atoms with E-state index in [-0.39, 0.29) is 5.69 Å². The summed E-state index contributed by atoms with van der Waals surface area (Å²) in [5.74, 6) is -0.684. The average Bonchev–Trinajstić information content (AvgIpc) is 2.43. The predicted molar refractivity (Wildman–Crippen MR) is 46.6 cm³/mol. The fraction of sp³-hybridized carbons (Fsp3) is 0. The molecular formula is C8H7N3O2. The van der Waals surface area contributed by atoms with Crippen molar-refractivity contribution in [3.05, 3.63) is 30.1 Å². The number of hydrogen-bond acceptors (Lipinski definition) is 3. The summed E-state index contributed by atoms with van der Waals surface area (Å²) >= 11 is 0. The zero-order valence-electron chi connectivity index (χ0n) is 6.64. The van der Waals surface area contributed by atoms with E-state index in [2.05, 4.69) is 4.98 Å². The lowest BCUT2D eigenvalue weighted by atomic mass is 10.3.